The van der Waals surface area contributed by atoms with Gasteiger partial charge in [0, 0.05) is 40.9 Å². The molecule has 0 fully saturated rings. The van der Waals surface area contributed by atoms with Gasteiger partial charge in [-0.2, -0.15) is 0 Å². The third-order valence-electron chi connectivity index (χ3n) is 4.58. The average molecular weight is 386 g/mol. The zero-order valence-corrected chi connectivity index (χ0v) is 15.4. The summed E-state index contributed by atoms with van der Waals surface area (Å²) in [5.41, 5.74) is 4.03. The van der Waals surface area contributed by atoms with Crippen molar-refractivity contribution in [2.45, 2.75) is 6.42 Å². The van der Waals surface area contributed by atoms with E-state index in [4.69, 9.17) is 23.2 Å². The first kappa shape index (κ1) is 17.0. The standard InChI is InChI=1S/C20H17Cl2N3O/c21-14-3-1-4-15(11-14)24-20(26)25-9-7-13(8-10-25)17-12-23-19-16(17)5-2-6-18(19)22/h1-7,11-12,23H,8-10H2,(H,24,26). The van der Waals surface area contributed by atoms with E-state index in [-0.39, 0.29) is 6.03 Å². The Labute approximate surface area is 161 Å². The molecule has 26 heavy (non-hydrogen) atoms. The van der Waals surface area contributed by atoms with Gasteiger partial charge in [-0.25, -0.2) is 4.79 Å². The van der Waals surface area contributed by atoms with Gasteiger partial charge in [0.05, 0.1) is 10.5 Å². The van der Waals surface area contributed by atoms with E-state index in [2.05, 4.69) is 22.4 Å². The normalized spacial score (nSPS) is 14.4. The van der Waals surface area contributed by atoms with Gasteiger partial charge in [-0.1, -0.05) is 47.5 Å². The highest BCUT2D eigenvalue weighted by atomic mass is 35.5. The second-order valence-electron chi connectivity index (χ2n) is 6.23. The molecule has 0 atom stereocenters. The second-order valence-corrected chi connectivity index (χ2v) is 7.07. The van der Waals surface area contributed by atoms with Crippen LogP contribution >= 0.6 is 23.2 Å². The molecule has 3 aromatic rings. The number of benzene rings is 2. The lowest BCUT2D eigenvalue weighted by atomic mass is 9.99. The molecule has 0 unspecified atom stereocenters. The number of nitrogens with one attached hydrogen (secondary N) is 2. The summed E-state index contributed by atoms with van der Waals surface area (Å²) >= 11 is 12.2. The number of hydrogen-bond acceptors (Lipinski definition) is 1. The highest BCUT2D eigenvalue weighted by molar-refractivity contribution is 6.35. The molecule has 4 rings (SSSR count). The van der Waals surface area contributed by atoms with Crippen LogP contribution in [0, 0.1) is 0 Å². The van der Waals surface area contributed by atoms with Crippen molar-refractivity contribution < 1.29 is 4.79 Å². The molecule has 0 radical (unpaired) electrons. The van der Waals surface area contributed by atoms with Crippen LogP contribution in [-0.2, 0) is 0 Å². The number of amides is 2. The minimum atomic E-state index is -0.121. The Morgan fingerprint density at radius 3 is 2.77 bits per heavy atom. The Morgan fingerprint density at radius 2 is 2.00 bits per heavy atom. The van der Waals surface area contributed by atoms with Gasteiger partial charge in [0.25, 0.3) is 0 Å². The van der Waals surface area contributed by atoms with Crippen molar-refractivity contribution in [2.75, 3.05) is 18.4 Å². The zero-order valence-electron chi connectivity index (χ0n) is 13.9. The largest absolute Gasteiger partial charge is 0.359 e. The summed E-state index contributed by atoms with van der Waals surface area (Å²) in [6.45, 7) is 1.22. The predicted octanol–water partition coefficient (Wildman–Crippen LogP) is 5.80. The molecule has 0 bridgehead atoms. The van der Waals surface area contributed by atoms with E-state index < -0.39 is 0 Å². The summed E-state index contributed by atoms with van der Waals surface area (Å²) in [4.78, 5) is 17.5. The maximum absolute atomic E-state index is 12.4. The summed E-state index contributed by atoms with van der Waals surface area (Å²) < 4.78 is 0. The van der Waals surface area contributed by atoms with Crippen molar-refractivity contribution in [1.29, 1.82) is 0 Å². The minimum absolute atomic E-state index is 0.121. The fourth-order valence-corrected chi connectivity index (χ4v) is 3.67. The van der Waals surface area contributed by atoms with E-state index in [1.807, 2.05) is 30.5 Å². The molecule has 0 aliphatic carbocycles. The fraction of sp³-hybridized carbons (Fsp3) is 0.150. The molecular weight excluding hydrogens is 369 g/mol. The molecule has 4 nitrogen and oxygen atoms in total. The maximum atomic E-state index is 12.4. The number of carbonyl (C=O) groups excluding carboxylic acids is 1. The Bertz CT molecular complexity index is 1010. The van der Waals surface area contributed by atoms with Crippen molar-refractivity contribution >= 4 is 51.4 Å². The van der Waals surface area contributed by atoms with E-state index in [1.165, 1.54) is 5.57 Å². The summed E-state index contributed by atoms with van der Waals surface area (Å²) in [5, 5.41) is 5.31. The highest BCUT2D eigenvalue weighted by Crippen LogP contribution is 2.32. The van der Waals surface area contributed by atoms with Gasteiger partial charge in [-0.3, -0.25) is 0 Å². The Morgan fingerprint density at radius 1 is 1.15 bits per heavy atom. The Kier molecular flexibility index (Phi) is 4.62. The van der Waals surface area contributed by atoms with E-state index >= 15 is 0 Å². The van der Waals surface area contributed by atoms with Gasteiger partial charge in [-0.15, -0.1) is 0 Å². The van der Waals surface area contributed by atoms with Crippen LogP contribution in [0.2, 0.25) is 10.0 Å². The predicted molar refractivity (Wildman–Crippen MR) is 108 cm³/mol. The summed E-state index contributed by atoms with van der Waals surface area (Å²) in [5.74, 6) is 0. The smallest absolute Gasteiger partial charge is 0.322 e. The van der Waals surface area contributed by atoms with Crippen LogP contribution in [0.15, 0.2) is 54.7 Å². The third-order valence-corrected chi connectivity index (χ3v) is 5.13. The number of fused-ring (bicyclic) bond motifs is 1. The molecule has 6 heteroatoms. The monoisotopic (exact) mass is 385 g/mol. The topological polar surface area (TPSA) is 48.1 Å². The van der Waals surface area contributed by atoms with Crippen molar-refractivity contribution in [3.8, 4) is 0 Å². The maximum Gasteiger partial charge on any atom is 0.322 e. The zero-order chi connectivity index (χ0) is 18.1. The number of hydrogen-bond donors (Lipinski definition) is 2. The van der Waals surface area contributed by atoms with Crippen LogP contribution in [0.5, 0.6) is 0 Å². The first-order valence-electron chi connectivity index (χ1n) is 8.38. The molecule has 2 N–H and O–H groups in total. The Hall–Kier alpha value is -2.43. The molecule has 2 amide bonds. The second kappa shape index (κ2) is 7.06. The molecule has 132 valence electrons. The highest BCUT2D eigenvalue weighted by Gasteiger charge is 2.20. The van der Waals surface area contributed by atoms with E-state index in [9.17, 15) is 4.79 Å². The van der Waals surface area contributed by atoms with Gasteiger partial charge in [-0.05, 0) is 36.3 Å². The van der Waals surface area contributed by atoms with Crippen LogP contribution < -0.4 is 5.32 Å². The van der Waals surface area contributed by atoms with E-state index in [0.717, 1.165) is 22.9 Å². The first-order valence-corrected chi connectivity index (χ1v) is 9.14. The van der Waals surface area contributed by atoms with Crippen LogP contribution in [0.4, 0.5) is 10.5 Å². The lowest BCUT2D eigenvalue weighted by Crippen LogP contribution is -2.37. The molecule has 1 aromatic heterocycles. The van der Waals surface area contributed by atoms with Crippen molar-refractivity contribution in [3.05, 3.63) is 70.3 Å². The fourth-order valence-electron chi connectivity index (χ4n) is 3.25. The third kappa shape index (κ3) is 3.30. The summed E-state index contributed by atoms with van der Waals surface area (Å²) in [6.07, 6.45) is 4.89. The molecule has 1 aliphatic heterocycles. The lowest BCUT2D eigenvalue weighted by molar-refractivity contribution is 0.217. The molecule has 0 spiro atoms. The minimum Gasteiger partial charge on any atom is -0.359 e. The molecule has 2 aromatic carbocycles. The van der Waals surface area contributed by atoms with Crippen molar-refractivity contribution in [3.63, 3.8) is 0 Å². The number of para-hydroxylation sites is 1. The summed E-state index contributed by atoms with van der Waals surface area (Å²) in [7, 11) is 0. The van der Waals surface area contributed by atoms with Gasteiger partial charge < -0.3 is 15.2 Å². The summed E-state index contributed by atoms with van der Waals surface area (Å²) in [6, 6.07) is 12.9. The van der Waals surface area contributed by atoms with Crippen molar-refractivity contribution in [1.82, 2.24) is 9.88 Å². The number of carbonyl (C=O) groups is 1. The van der Waals surface area contributed by atoms with Gasteiger partial charge in [0.2, 0.25) is 0 Å². The van der Waals surface area contributed by atoms with E-state index in [1.54, 1.807) is 17.0 Å². The first-order chi connectivity index (χ1) is 12.6. The van der Waals surface area contributed by atoms with Gasteiger partial charge in [0.1, 0.15) is 0 Å². The molecule has 0 saturated heterocycles. The quantitative estimate of drug-likeness (QED) is 0.575. The van der Waals surface area contributed by atoms with Crippen LogP contribution in [0.1, 0.15) is 12.0 Å². The molecule has 1 aliphatic rings. The van der Waals surface area contributed by atoms with E-state index in [0.29, 0.717) is 28.8 Å². The number of aromatic amines is 1. The molecular formula is C20H17Cl2N3O. The number of halogens is 2. The van der Waals surface area contributed by atoms with Crippen LogP contribution in [0.3, 0.4) is 0 Å². The number of rotatable bonds is 2. The number of H-pyrrole nitrogens is 1. The number of urea groups is 1. The van der Waals surface area contributed by atoms with Crippen LogP contribution in [-0.4, -0.2) is 29.0 Å². The van der Waals surface area contributed by atoms with Gasteiger partial charge >= 0.3 is 6.03 Å². The molecule has 2 heterocycles. The number of nitrogens with zero attached hydrogens (tertiary/aromatic N) is 1. The Balaban J connectivity index is 1.49. The number of anilines is 1. The SMILES string of the molecule is O=C(Nc1cccc(Cl)c1)N1CC=C(c2c[nH]c3c(Cl)cccc23)CC1. The number of aromatic nitrogens is 1. The van der Waals surface area contributed by atoms with Crippen LogP contribution in [0.25, 0.3) is 16.5 Å². The molecule has 0 saturated carbocycles. The average Bonchev–Trinajstić information content (AvgIpc) is 3.07. The van der Waals surface area contributed by atoms with Gasteiger partial charge in [0.15, 0.2) is 0 Å². The van der Waals surface area contributed by atoms with Crippen molar-refractivity contribution in [2.24, 2.45) is 0 Å². The lowest BCUT2D eigenvalue weighted by Gasteiger charge is -2.26.